The molecule has 2 aromatic carbocycles. The Morgan fingerprint density at radius 2 is 2.09 bits per heavy atom. The summed E-state index contributed by atoms with van der Waals surface area (Å²) in [5.74, 6) is 0.676. The molecule has 10 nitrogen and oxygen atoms in total. The van der Waals surface area contributed by atoms with Crippen LogP contribution in [0.4, 0.5) is 15.2 Å². The van der Waals surface area contributed by atoms with Gasteiger partial charge in [-0.25, -0.2) is 4.39 Å². The number of aromatic amines is 1. The number of nitrogens with two attached hydrogens (primary N) is 1. The molecule has 1 aliphatic carbocycles. The van der Waals surface area contributed by atoms with Gasteiger partial charge < -0.3 is 25.4 Å². The number of halogens is 2. The number of anilines is 2. The molecule has 0 radical (unpaired) electrons. The first-order valence-corrected chi connectivity index (χ1v) is 16.3. The van der Waals surface area contributed by atoms with Crippen LogP contribution in [0.3, 0.4) is 0 Å². The van der Waals surface area contributed by atoms with E-state index in [-0.39, 0.29) is 29.2 Å². The summed E-state index contributed by atoms with van der Waals surface area (Å²) in [5.41, 5.74) is 11.9. The fourth-order valence-corrected chi connectivity index (χ4v) is 7.89. The summed E-state index contributed by atoms with van der Waals surface area (Å²) in [6.07, 6.45) is 4.51. The first-order chi connectivity index (χ1) is 21.9. The summed E-state index contributed by atoms with van der Waals surface area (Å²) >= 11 is 8.36. The quantitative estimate of drug-likeness (QED) is 0.173. The maximum Gasteiger partial charge on any atom is 0.319 e. The SMILES string of the molecule is CN1CCC[C@H]1COc1nc(NCc2cc(C3CC3)n[nH]2)c2c3c(c(-c4ccc(F)c5sc(N)c(C#N)c45)c(Cl)c2n1)COC3. The highest BCUT2D eigenvalue weighted by Gasteiger charge is 2.31. The Bertz CT molecular complexity index is 2030. The first kappa shape index (κ1) is 28.5. The van der Waals surface area contributed by atoms with Crippen LogP contribution in [0, 0.1) is 17.1 Å². The molecule has 0 bridgehead atoms. The van der Waals surface area contributed by atoms with Gasteiger partial charge in [0, 0.05) is 22.9 Å². The highest BCUT2D eigenvalue weighted by Crippen LogP contribution is 2.49. The largest absolute Gasteiger partial charge is 0.462 e. The number of likely N-dealkylation sites (N-methyl/N-ethyl adjacent to an activating group) is 1. The zero-order chi connectivity index (χ0) is 30.8. The van der Waals surface area contributed by atoms with Crippen LogP contribution < -0.4 is 15.8 Å². The van der Waals surface area contributed by atoms with E-state index in [9.17, 15) is 9.65 Å². The van der Waals surface area contributed by atoms with Gasteiger partial charge in [0.15, 0.2) is 0 Å². The van der Waals surface area contributed by atoms with E-state index in [4.69, 9.17) is 36.8 Å². The Kier molecular flexibility index (Phi) is 7.02. The van der Waals surface area contributed by atoms with Gasteiger partial charge in [-0.3, -0.25) is 5.10 Å². The first-order valence-electron chi connectivity index (χ1n) is 15.1. The van der Waals surface area contributed by atoms with Gasteiger partial charge in [0.2, 0.25) is 0 Å². The van der Waals surface area contributed by atoms with Crippen molar-refractivity contribution in [2.75, 3.05) is 31.2 Å². The lowest BCUT2D eigenvalue weighted by molar-refractivity contribution is 0.135. The van der Waals surface area contributed by atoms with Crippen molar-refractivity contribution in [1.82, 2.24) is 25.1 Å². The van der Waals surface area contributed by atoms with Crippen LogP contribution in [0.25, 0.3) is 32.1 Å². The minimum atomic E-state index is -0.443. The predicted molar refractivity (Wildman–Crippen MR) is 172 cm³/mol. The molecule has 5 aromatic rings. The number of benzene rings is 2. The number of ether oxygens (including phenoxy) is 2. The van der Waals surface area contributed by atoms with Gasteiger partial charge in [-0.2, -0.15) is 20.3 Å². The second kappa shape index (κ2) is 11.1. The van der Waals surface area contributed by atoms with Gasteiger partial charge >= 0.3 is 6.01 Å². The molecular formula is C32H30ClFN8O2S. The van der Waals surface area contributed by atoms with Crippen molar-refractivity contribution < 1.29 is 13.9 Å². The number of rotatable bonds is 8. The number of likely N-dealkylation sites (tertiary alicyclic amines) is 1. The summed E-state index contributed by atoms with van der Waals surface area (Å²) in [4.78, 5) is 12.0. The fraction of sp³-hybridized carbons (Fsp3) is 0.375. The number of fused-ring (bicyclic) bond motifs is 4. The number of nitriles is 1. The molecule has 4 N–H and O–H groups in total. The molecule has 3 aromatic heterocycles. The van der Waals surface area contributed by atoms with Gasteiger partial charge in [-0.1, -0.05) is 17.7 Å². The number of hydrogen-bond acceptors (Lipinski definition) is 10. The zero-order valence-electron chi connectivity index (χ0n) is 24.5. The van der Waals surface area contributed by atoms with Crippen molar-refractivity contribution >= 4 is 54.7 Å². The third-order valence-corrected chi connectivity index (χ3v) is 10.5. The Morgan fingerprint density at radius 3 is 2.87 bits per heavy atom. The molecule has 230 valence electrons. The topological polar surface area (TPSA) is 138 Å². The third-order valence-electron chi connectivity index (χ3n) is 9.14. The highest BCUT2D eigenvalue weighted by molar-refractivity contribution is 7.23. The molecule has 0 amide bonds. The van der Waals surface area contributed by atoms with E-state index >= 15 is 0 Å². The number of nitrogens with zero attached hydrogens (tertiary/aromatic N) is 5. The number of hydrogen-bond donors (Lipinski definition) is 3. The van der Waals surface area contributed by atoms with Crippen molar-refractivity contribution in [3.05, 3.63) is 57.1 Å². The second-order valence-corrected chi connectivity index (χ2v) is 13.4. The van der Waals surface area contributed by atoms with E-state index in [2.05, 4.69) is 39.6 Å². The van der Waals surface area contributed by atoms with Gasteiger partial charge in [-0.05, 0) is 68.1 Å². The number of aromatic nitrogens is 4. The van der Waals surface area contributed by atoms with Crippen LogP contribution in [0.15, 0.2) is 18.2 Å². The van der Waals surface area contributed by atoms with Crippen LogP contribution in [0.1, 0.15) is 59.7 Å². The van der Waals surface area contributed by atoms with Gasteiger partial charge in [-0.15, -0.1) is 11.3 Å². The minimum absolute atomic E-state index is 0.210. The molecule has 8 rings (SSSR count). The molecule has 2 aliphatic heterocycles. The lowest BCUT2D eigenvalue weighted by atomic mass is 9.91. The average molecular weight is 645 g/mol. The molecule has 1 atom stereocenters. The van der Waals surface area contributed by atoms with E-state index in [1.165, 1.54) is 18.9 Å². The second-order valence-electron chi connectivity index (χ2n) is 12.0. The molecule has 13 heteroatoms. The van der Waals surface area contributed by atoms with Crippen molar-refractivity contribution in [3.63, 3.8) is 0 Å². The smallest absolute Gasteiger partial charge is 0.319 e. The van der Waals surface area contributed by atoms with Gasteiger partial charge in [0.05, 0.1) is 57.3 Å². The van der Waals surface area contributed by atoms with Crippen molar-refractivity contribution in [1.29, 1.82) is 5.26 Å². The number of thiophene rings is 1. The van der Waals surface area contributed by atoms with E-state index in [1.807, 2.05) is 0 Å². The third kappa shape index (κ3) is 4.86. The minimum Gasteiger partial charge on any atom is -0.462 e. The van der Waals surface area contributed by atoms with Gasteiger partial charge in [0.25, 0.3) is 0 Å². The van der Waals surface area contributed by atoms with Crippen molar-refractivity contribution in [3.8, 4) is 23.2 Å². The number of nitrogen functional groups attached to an aromatic ring is 1. The molecular weight excluding hydrogens is 615 g/mol. The molecule has 5 heterocycles. The van der Waals surface area contributed by atoms with Crippen molar-refractivity contribution in [2.45, 2.75) is 57.4 Å². The molecule has 45 heavy (non-hydrogen) atoms. The Labute approximate surface area is 267 Å². The Hall–Kier alpha value is -4.02. The van der Waals surface area contributed by atoms with E-state index < -0.39 is 5.82 Å². The van der Waals surface area contributed by atoms with Crippen LogP contribution in [0.5, 0.6) is 6.01 Å². The predicted octanol–water partition coefficient (Wildman–Crippen LogP) is 6.47. The molecule has 0 unspecified atom stereocenters. The Morgan fingerprint density at radius 1 is 1.24 bits per heavy atom. The average Bonchev–Trinajstić information content (AvgIpc) is 3.35. The summed E-state index contributed by atoms with van der Waals surface area (Å²) in [5, 5.41) is 22.9. The number of H-pyrrole nitrogens is 1. The van der Waals surface area contributed by atoms with Crippen LogP contribution in [-0.4, -0.2) is 51.3 Å². The lowest BCUT2D eigenvalue weighted by Crippen LogP contribution is -2.30. The molecule has 0 spiro atoms. The standard InChI is InChI=1S/C32H30ClFN8O2S/c1-42-8-2-3-17(42)12-44-32-38-28-26(31(39-32)37-11-16-9-23(41-40-16)15-4-5-15)21-14-43-13-20(21)24(27(28)33)18-6-7-22(34)29-25(18)19(10-35)30(36)45-29/h6-7,9,15,17H,2-5,8,11-14,36H2,1H3,(H,40,41)(H,37,38,39)/t17-/m0/s1. The van der Waals surface area contributed by atoms with Crippen LogP contribution >= 0.6 is 22.9 Å². The lowest BCUT2D eigenvalue weighted by Gasteiger charge is -2.21. The van der Waals surface area contributed by atoms with Crippen LogP contribution in [0.2, 0.25) is 5.02 Å². The zero-order valence-corrected chi connectivity index (χ0v) is 26.1. The maximum atomic E-state index is 15.0. The Balaban J connectivity index is 1.29. The fourth-order valence-electron chi connectivity index (χ4n) is 6.59. The maximum absolute atomic E-state index is 15.0. The van der Waals surface area contributed by atoms with Crippen LogP contribution in [-0.2, 0) is 24.5 Å². The molecule has 2 fully saturated rings. The summed E-state index contributed by atoms with van der Waals surface area (Å²) in [6.45, 7) is 2.54. The van der Waals surface area contributed by atoms with Crippen molar-refractivity contribution in [2.24, 2.45) is 0 Å². The molecule has 1 saturated heterocycles. The van der Waals surface area contributed by atoms with E-state index in [0.717, 1.165) is 58.6 Å². The summed E-state index contributed by atoms with van der Waals surface area (Å²) < 4.78 is 27.5. The monoisotopic (exact) mass is 644 g/mol. The number of nitrogens with one attached hydrogen (secondary N) is 2. The normalized spacial score (nSPS) is 18.1. The summed E-state index contributed by atoms with van der Waals surface area (Å²) in [7, 11) is 2.10. The highest BCUT2D eigenvalue weighted by atomic mass is 35.5. The molecule has 1 saturated carbocycles. The van der Waals surface area contributed by atoms with E-state index in [0.29, 0.717) is 63.2 Å². The summed E-state index contributed by atoms with van der Waals surface area (Å²) in [6, 6.07) is 7.78. The van der Waals surface area contributed by atoms with E-state index in [1.54, 1.807) is 6.07 Å². The molecule has 3 aliphatic rings. The van der Waals surface area contributed by atoms with Gasteiger partial charge in [0.1, 0.15) is 29.3 Å².